The Morgan fingerprint density at radius 3 is 2.91 bits per heavy atom. The maximum atomic E-state index is 12.3. The molecule has 0 spiro atoms. The predicted octanol–water partition coefficient (Wildman–Crippen LogP) is 3.70. The van der Waals surface area contributed by atoms with Crippen molar-refractivity contribution in [2.75, 3.05) is 30.9 Å². The number of anilines is 2. The standard InChI is InChI=1S/C15H15Cl2N3O2/c1-22-6-5-19-11-7-10(8-18-9-11)15(21)20-13-4-2-3-12(16)14(13)17/h2-4,7-9,19H,5-6H2,1H3,(H,20,21). The summed E-state index contributed by atoms with van der Waals surface area (Å²) in [5, 5.41) is 6.51. The topological polar surface area (TPSA) is 63.2 Å². The van der Waals surface area contributed by atoms with Crippen LogP contribution in [0.5, 0.6) is 0 Å². The van der Waals surface area contributed by atoms with Crippen LogP contribution in [0.1, 0.15) is 10.4 Å². The highest BCUT2D eigenvalue weighted by Crippen LogP contribution is 2.29. The number of methoxy groups -OCH3 is 1. The highest BCUT2D eigenvalue weighted by atomic mass is 35.5. The van der Waals surface area contributed by atoms with Crippen molar-refractivity contribution in [1.82, 2.24) is 4.98 Å². The Bertz CT molecular complexity index is 665. The van der Waals surface area contributed by atoms with Crippen molar-refractivity contribution in [2.24, 2.45) is 0 Å². The molecule has 0 bridgehead atoms. The molecule has 0 fully saturated rings. The van der Waals surface area contributed by atoms with Crippen LogP contribution in [0.15, 0.2) is 36.7 Å². The number of amides is 1. The van der Waals surface area contributed by atoms with Crippen molar-refractivity contribution in [2.45, 2.75) is 0 Å². The van der Waals surface area contributed by atoms with Gasteiger partial charge in [-0.1, -0.05) is 29.3 Å². The zero-order chi connectivity index (χ0) is 15.9. The van der Waals surface area contributed by atoms with Gasteiger partial charge in [-0.05, 0) is 18.2 Å². The molecule has 0 saturated heterocycles. The number of nitrogens with one attached hydrogen (secondary N) is 2. The van der Waals surface area contributed by atoms with Crippen LogP contribution in [0.25, 0.3) is 0 Å². The van der Waals surface area contributed by atoms with Crippen LogP contribution >= 0.6 is 23.2 Å². The van der Waals surface area contributed by atoms with Crippen molar-refractivity contribution < 1.29 is 9.53 Å². The normalized spacial score (nSPS) is 10.3. The van der Waals surface area contributed by atoms with Crippen LogP contribution in [0.2, 0.25) is 10.0 Å². The largest absolute Gasteiger partial charge is 0.383 e. The summed E-state index contributed by atoms with van der Waals surface area (Å²) < 4.78 is 4.96. The number of halogens is 2. The summed E-state index contributed by atoms with van der Waals surface area (Å²) in [6, 6.07) is 6.75. The van der Waals surface area contributed by atoms with Gasteiger partial charge in [0.15, 0.2) is 0 Å². The Hall–Kier alpha value is -1.82. The number of ether oxygens (including phenoxy) is 1. The quantitative estimate of drug-likeness (QED) is 0.787. The van der Waals surface area contributed by atoms with Crippen molar-refractivity contribution in [3.05, 3.63) is 52.3 Å². The van der Waals surface area contributed by atoms with E-state index in [4.69, 9.17) is 27.9 Å². The maximum Gasteiger partial charge on any atom is 0.257 e. The Labute approximate surface area is 138 Å². The van der Waals surface area contributed by atoms with Gasteiger partial charge in [-0.3, -0.25) is 9.78 Å². The van der Waals surface area contributed by atoms with Gasteiger partial charge in [-0.25, -0.2) is 0 Å². The molecule has 1 aromatic carbocycles. The Morgan fingerprint density at radius 2 is 2.14 bits per heavy atom. The summed E-state index contributed by atoms with van der Waals surface area (Å²) in [4.78, 5) is 16.3. The van der Waals surface area contributed by atoms with Crippen LogP contribution in [-0.2, 0) is 4.74 Å². The van der Waals surface area contributed by atoms with E-state index in [1.54, 1.807) is 37.6 Å². The Balaban J connectivity index is 2.09. The molecule has 0 radical (unpaired) electrons. The molecule has 0 atom stereocenters. The van der Waals surface area contributed by atoms with Gasteiger partial charge >= 0.3 is 0 Å². The number of rotatable bonds is 6. The molecule has 7 heteroatoms. The predicted molar refractivity (Wildman–Crippen MR) is 89.0 cm³/mol. The molecule has 5 nitrogen and oxygen atoms in total. The molecular weight excluding hydrogens is 325 g/mol. The van der Waals surface area contributed by atoms with Crippen molar-refractivity contribution in [3.8, 4) is 0 Å². The minimum atomic E-state index is -0.313. The highest BCUT2D eigenvalue weighted by molar-refractivity contribution is 6.44. The molecule has 0 aliphatic rings. The first-order chi connectivity index (χ1) is 10.6. The lowest BCUT2D eigenvalue weighted by Crippen LogP contribution is -2.14. The Morgan fingerprint density at radius 1 is 1.32 bits per heavy atom. The number of pyridine rings is 1. The summed E-state index contributed by atoms with van der Waals surface area (Å²) in [6.45, 7) is 1.19. The maximum absolute atomic E-state index is 12.3. The molecule has 0 unspecified atom stereocenters. The number of carbonyl (C=O) groups excluding carboxylic acids is 1. The second kappa shape index (κ2) is 7.98. The molecule has 0 saturated carbocycles. The van der Waals surface area contributed by atoms with Crippen LogP contribution in [0.3, 0.4) is 0 Å². The number of carbonyl (C=O) groups is 1. The second-order valence-corrected chi connectivity index (χ2v) is 5.22. The van der Waals surface area contributed by atoms with E-state index >= 15 is 0 Å². The monoisotopic (exact) mass is 339 g/mol. The van der Waals surface area contributed by atoms with Crippen LogP contribution in [-0.4, -0.2) is 31.2 Å². The summed E-state index contributed by atoms with van der Waals surface area (Å²) in [5.74, 6) is -0.313. The highest BCUT2D eigenvalue weighted by Gasteiger charge is 2.11. The lowest BCUT2D eigenvalue weighted by molar-refractivity contribution is 0.102. The molecule has 0 aliphatic heterocycles. The summed E-state index contributed by atoms with van der Waals surface area (Å²) >= 11 is 12.0. The zero-order valence-corrected chi connectivity index (χ0v) is 13.4. The number of aromatic nitrogens is 1. The molecule has 2 aromatic rings. The van der Waals surface area contributed by atoms with Gasteiger partial charge in [-0.15, -0.1) is 0 Å². The molecule has 1 heterocycles. The fourth-order valence-corrected chi connectivity index (χ4v) is 2.10. The first-order valence-corrected chi connectivity index (χ1v) is 7.30. The number of hydrogen-bond donors (Lipinski definition) is 2. The third-order valence-electron chi connectivity index (χ3n) is 2.84. The second-order valence-electron chi connectivity index (χ2n) is 4.44. The van der Waals surface area contributed by atoms with Crippen molar-refractivity contribution in [1.29, 1.82) is 0 Å². The fourth-order valence-electron chi connectivity index (χ4n) is 1.75. The Kier molecular flexibility index (Phi) is 6.00. The number of hydrogen-bond acceptors (Lipinski definition) is 4. The van der Waals surface area contributed by atoms with E-state index in [1.165, 1.54) is 6.20 Å². The van der Waals surface area contributed by atoms with E-state index in [1.807, 2.05) is 0 Å². The van der Waals surface area contributed by atoms with Gasteiger partial charge in [0.05, 0.1) is 33.6 Å². The van der Waals surface area contributed by atoms with Gasteiger partial charge in [0.1, 0.15) is 0 Å². The first kappa shape index (κ1) is 16.5. The van der Waals surface area contributed by atoms with Gasteiger partial charge in [0.25, 0.3) is 5.91 Å². The average Bonchev–Trinajstić information content (AvgIpc) is 2.52. The van der Waals surface area contributed by atoms with E-state index in [9.17, 15) is 4.79 Å². The van der Waals surface area contributed by atoms with Crippen LogP contribution in [0, 0.1) is 0 Å². The lowest BCUT2D eigenvalue weighted by Gasteiger charge is -2.10. The SMILES string of the molecule is COCCNc1cncc(C(=O)Nc2cccc(Cl)c2Cl)c1. The number of benzene rings is 1. The molecular formula is C15H15Cl2N3O2. The van der Waals surface area contributed by atoms with E-state index < -0.39 is 0 Å². The van der Waals surface area contributed by atoms with E-state index in [-0.39, 0.29) is 5.91 Å². The minimum Gasteiger partial charge on any atom is -0.383 e. The molecule has 0 aliphatic carbocycles. The first-order valence-electron chi connectivity index (χ1n) is 6.55. The third-order valence-corrected chi connectivity index (χ3v) is 3.65. The van der Waals surface area contributed by atoms with E-state index in [0.717, 1.165) is 5.69 Å². The lowest BCUT2D eigenvalue weighted by atomic mass is 10.2. The molecule has 2 rings (SSSR count). The van der Waals surface area contributed by atoms with Crippen LogP contribution < -0.4 is 10.6 Å². The van der Waals surface area contributed by atoms with Crippen molar-refractivity contribution >= 4 is 40.5 Å². The van der Waals surface area contributed by atoms with E-state index in [2.05, 4.69) is 15.6 Å². The average molecular weight is 340 g/mol. The molecule has 116 valence electrons. The van der Waals surface area contributed by atoms with Gasteiger partial charge in [0.2, 0.25) is 0 Å². The molecule has 1 amide bonds. The number of nitrogens with zero attached hydrogens (tertiary/aromatic N) is 1. The van der Waals surface area contributed by atoms with Gasteiger partial charge in [-0.2, -0.15) is 0 Å². The molecule has 2 N–H and O–H groups in total. The van der Waals surface area contributed by atoms with E-state index in [0.29, 0.717) is 34.4 Å². The van der Waals surface area contributed by atoms with Crippen LogP contribution in [0.4, 0.5) is 11.4 Å². The van der Waals surface area contributed by atoms with Gasteiger partial charge < -0.3 is 15.4 Å². The molecule has 22 heavy (non-hydrogen) atoms. The summed E-state index contributed by atoms with van der Waals surface area (Å²) in [6.07, 6.45) is 3.12. The summed E-state index contributed by atoms with van der Waals surface area (Å²) in [7, 11) is 1.62. The minimum absolute atomic E-state index is 0.305. The third kappa shape index (κ3) is 4.34. The summed E-state index contributed by atoms with van der Waals surface area (Å²) in [5.41, 5.74) is 1.61. The van der Waals surface area contributed by atoms with Crippen molar-refractivity contribution in [3.63, 3.8) is 0 Å². The zero-order valence-electron chi connectivity index (χ0n) is 11.9. The fraction of sp³-hybridized carbons (Fsp3) is 0.200. The molecule has 1 aromatic heterocycles. The van der Waals surface area contributed by atoms with Gasteiger partial charge in [0, 0.05) is 26.0 Å². The smallest absolute Gasteiger partial charge is 0.257 e.